The van der Waals surface area contributed by atoms with Crippen molar-refractivity contribution in [3.8, 4) is 11.4 Å². The van der Waals surface area contributed by atoms with E-state index in [1.54, 1.807) is 12.1 Å². The zero-order valence-electron chi connectivity index (χ0n) is 14.5. The highest BCUT2D eigenvalue weighted by Gasteiger charge is 2.15. The number of aromatic nitrogens is 3. The first-order chi connectivity index (χ1) is 13.1. The predicted molar refractivity (Wildman–Crippen MR) is 104 cm³/mol. The van der Waals surface area contributed by atoms with Crippen LogP contribution in [0.2, 0.25) is 0 Å². The summed E-state index contributed by atoms with van der Waals surface area (Å²) in [6.07, 6.45) is 0. The third-order valence-corrected chi connectivity index (χ3v) is 4.73. The Balaban J connectivity index is 1.70. The van der Waals surface area contributed by atoms with E-state index >= 15 is 0 Å². The van der Waals surface area contributed by atoms with E-state index in [2.05, 4.69) is 15.5 Å². The Labute approximate surface area is 159 Å². The number of carbonyl (C=O) groups is 1. The first-order valence-corrected chi connectivity index (χ1v) is 9.22. The van der Waals surface area contributed by atoms with Gasteiger partial charge in [-0.25, -0.2) is 0 Å². The third kappa shape index (κ3) is 4.50. The molecule has 0 radical (unpaired) electrons. The molecule has 2 aromatic carbocycles. The molecule has 0 unspecified atom stereocenters. The fourth-order valence-corrected chi connectivity index (χ4v) is 3.28. The Kier molecular flexibility index (Phi) is 5.82. The van der Waals surface area contributed by atoms with E-state index in [0.717, 1.165) is 11.3 Å². The van der Waals surface area contributed by atoms with Crippen LogP contribution in [-0.2, 0) is 11.3 Å². The number of para-hydroxylation sites is 1. The Bertz CT molecular complexity index is 941. The van der Waals surface area contributed by atoms with Crippen molar-refractivity contribution in [1.29, 1.82) is 0 Å². The van der Waals surface area contributed by atoms with Gasteiger partial charge in [-0.3, -0.25) is 14.9 Å². The summed E-state index contributed by atoms with van der Waals surface area (Å²) in [5, 5.41) is 22.6. The number of nitrogens with zero attached hydrogens (tertiary/aromatic N) is 4. The lowest BCUT2D eigenvalue weighted by molar-refractivity contribution is -0.384. The number of rotatable bonds is 7. The minimum absolute atomic E-state index is 0.0218. The molecule has 9 heteroatoms. The van der Waals surface area contributed by atoms with Crippen molar-refractivity contribution in [2.75, 3.05) is 11.1 Å². The van der Waals surface area contributed by atoms with Crippen LogP contribution in [0, 0.1) is 10.1 Å². The molecule has 1 heterocycles. The number of nitrogens with one attached hydrogen (secondary N) is 1. The van der Waals surface area contributed by atoms with Crippen LogP contribution in [0.15, 0.2) is 59.8 Å². The Morgan fingerprint density at radius 3 is 2.48 bits per heavy atom. The van der Waals surface area contributed by atoms with Crippen molar-refractivity contribution in [2.24, 2.45) is 0 Å². The lowest BCUT2D eigenvalue weighted by atomic mass is 10.2. The van der Waals surface area contributed by atoms with E-state index in [1.807, 2.05) is 41.8 Å². The predicted octanol–water partition coefficient (Wildman–Crippen LogP) is 3.60. The van der Waals surface area contributed by atoms with Crippen molar-refractivity contribution in [2.45, 2.75) is 18.6 Å². The van der Waals surface area contributed by atoms with Crippen LogP contribution in [0.1, 0.15) is 6.92 Å². The normalized spacial score (nSPS) is 10.6. The summed E-state index contributed by atoms with van der Waals surface area (Å²) in [5.74, 6) is 0.680. The number of benzene rings is 2. The van der Waals surface area contributed by atoms with Crippen molar-refractivity contribution < 1.29 is 9.72 Å². The van der Waals surface area contributed by atoms with Crippen LogP contribution < -0.4 is 5.32 Å². The molecule has 3 rings (SSSR count). The van der Waals surface area contributed by atoms with Gasteiger partial charge in [-0.15, -0.1) is 10.2 Å². The second-order valence-electron chi connectivity index (χ2n) is 5.56. The van der Waals surface area contributed by atoms with Crippen molar-refractivity contribution in [3.63, 3.8) is 0 Å². The van der Waals surface area contributed by atoms with Crippen LogP contribution in [-0.4, -0.2) is 31.3 Å². The summed E-state index contributed by atoms with van der Waals surface area (Å²) < 4.78 is 1.88. The molecule has 0 bridgehead atoms. The van der Waals surface area contributed by atoms with Gasteiger partial charge in [0.2, 0.25) is 5.91 Å². The monoisotopic (exact) mass is 383 g/mol. The molecule has 0 saturated carbocycles. The van der Waals surface area contributed by atoms with Gasteiger partial charge in [0.1, 0.15) is 0 Å². The summed E-state index contributed by atoms with van der Waals surface area (Å²) in [5.41, 5.74) is 1.50. The van der Waals surface area contributed by atoms with Crippen LogP contribution in [0.3, 0.4) is 0 Å². The van der Waals surface area contributed by atoms with Gasteiger partial charge in [-0.1, -0.05) is 30.0 Å². The summed E-state index contributed by atoms with van der Waals surface area (Å²) in [6.45, 7) is 2.56. The van der Waals surface area contributed by atoms with Gasteiger partial charge in [0.05, 0.1) is 10.7 Å². The van der Waals surface area contributed by atoms with E-state index < -0.39 is 4.92 Å². The van der Waals surface area contributed by atoms with Crippen LogP contribution in [0.5, 0.6) is 0 Å². The van der Waals surface area contributed by atoms with E-state index in [4.69, 9.17) is 0 Å². The molecule has 1 N–H and O–H groups in total. The quantitative estimate of drug-likeness (QED) is 0.380. The fourth-order valence-electron chi connectivity index (χ4n) is 2.47. The number of carbonyl (C=O) groups excluding carboxylic acids is 1. The van der Waals surface area contributed by atoms with E-state index in [9.17, 15) is 14.9 Å². The molecule has 27 heavy (non-hydrogen) atoms. The van der Waals surface area contributed by atoms with E-state index in [-0.39, 0.29) is 17.3 Å². The van der Waals surface area contributed by atoms with Crippen LogP contribution in [0.4, 0.5) is 11.4 Å². The molecule has 0 aliphatic rings. The highest BCUT2D eigenvalue weighted by Crippen LogP contribution is 2.25. The SMILES string of the molecule is CCn1c(SCC(=O)Nc2ccccc2)nnc1-c1ccc([N+](=O)[O-])cc1. The molecule has 1 aromatic heterocycles. The van der Waals surface area contributed by atoms with Gasteiger partial charge in [0.15, 0.2) is 11.0 Å². The summed E-state index contributed by atoms with van der Waals surface area (Å²) >= 11 is 1.29. The molecule has 0 spiro atoms. The smallest absolute Gasteiger partial charge is 0.269 e. The van der Waals surface area contributed by atoms with Gasteiger partial charge in [0, 0.05) is 29.9 Å². The minimum Gasteiger partial charge on any atom is -0.325 e. The summed E-state index contributed by atoms with van der Waals surface area (Å²) in [7, 11) is 0. The molecular formula is C18H17N5O3S. The lowest BCUT2D eigenvalue weighted by Gasteiger charge is -2.08. The minimum atomic E-state index is -0.443. The molecule has 8 nitrogen and oxygen atoms in total. The Morgan fingerprint density at radius 2 is 1.85 bits per heavy atom. The van der Waals surface area contributed by atoms with Crippen molar-refractivity contribution in [3.05, 3.63) is 64.7 Å². The third-order valence-electron chi connectivity index (χ3n) is 3.76. The highest BCUT2D eigenvalue weighted by atomic mass is 32.2. The fraction of sp³-hybridized carbons (Fsp3) is 0.167. The van der Waals surface area contributed by atoms with Gasteiger partial charge < -0.3 is 9.88 Å². The maximum absolute atomic E-state index is 12.1. The van der Waals surface area contributed by atoms with Gasteiger partial charge in [0.25, 0.3) is 5.69 Å². The molecule has 0 atom stereocenters. The second-order valence-corrected chi connectivity index (χ2v) is 6.50. The van der Waals surface area contributed by atoms with Gasteiger partial charge in [-0.2, -0.15) is 0 Å². The highest BCUT2D eigenvalue weighted by molar-refractivity contribution is 7.99. The molecule has 0 aliphatic carbocycles. The molecule has 3 aromatic rings. The average Bonchev–Trinajstić information content (AvgIpc) is 3.10. The maximum Gasteiger partial charge on any atom is 0.269 e. The second kappa shape index (κ2) is 8.45. The number of anilines is 1. The zero-order chi connectivity index (χ0) is 19.2. The maximum atomic E-state index is 12.1. The van der Waals surface area contributed by atoms with E-state index in [0.29, 0.717) is 17.5 Å². The van der Waals surface area contributed by atoms with Crippen LogP contribution in [0.25, 0.3) is 11.4 Å². The molecule has 0 saturated heterocycles. The summed E-state index contributed by atoms with van der Waals surface area (Å²) in [4.78, 5) is 22.5. The number of thioether (sulfide) groups is 1. The zero-order valence-corrected chi connectivity index (χ0v) is 15.3. The number of hydrogen-bond donors (Lipinski definition) is 1. The number of hydrogen-bond acceptors (Lipinski definition) is 6. The molecule has 138 valence electrons. The summed E-state index contributed by atoms with van der Waals surface area (Å²) in [6, 6.07) is 15.4. The van der Waals surface area contributed by atoms with Crippen molar-refractivity contribution >= 4 is 29.0 Å². The largest absolute Gasteiger partial charge is 0.325 e. The molecule has 1 amide bonds. The first-order valence-electron chi connectivity index (χ1n) is 8.24. The van der Waals surface area contributed by atoms with Gasteiger partial charge >= 0.3 is 0 Å². The average molecular weight is 383 g/mol. The Hall–Kier alpha value is -3.20. The first kappa shape index (κ1) is 18.6. The molecular weight excluding hydrogens is 366 g/mol. The number of amides is 1. The Morgan fingerprint density at radius 1 is 1.15 bits per heavy atom. The molecule has 0 fully saturated rings. The number of non-ortho nitro benzene ring substituents is 1. The standard InChI is InChI=1S/C18H17N5O3S/c1-2-22-17(13-8-10-15(11-9-13)23(25)26)20-21-18(22)27-12-16(24)19-14-6-4-3-5-7-14/h3-11H,2,12H2,1H3,(H,19,24). The topological polar surface area (TPSA) is 103 Å². The van der Waals surface area contributed by atoms with Gasteiger partial charge in [-0.05, 0) is 31.2 Å². The molecule has 0 aliphatic heterocycles. The lowest BCUT2D eigenvalue weighted by Crippen LogP contribution is -2.14. The van der Waals surface area contributed by atoms with Crippen molar-refractivity contribution in [1.82, 2.24) is 14.8 Å². The number of nitro benzene ring substituents is 1. The number of nitro groups is 1. The van der Waals surface area contributed by atoms with Crippen LogP contribution >= 0.6 is 11.8 Å². The van der Waals surface area contributed by atoms with E-state index in [1.165, 1.54) is 23.9 Å².